The van der Waals surface area contributed by atoms with Crippen molar-refractivity contribution in [2.24, 2.45) is 0 Å². The first-order chi connectivity index (χ1) is 10.7. The molecule has 2 aromatic rings. The second kappa shape index (κ2) is 8.80. The van der Waals surface area contributed by atoms with Gasteiger partial charge in [0, 0.05) is 35.7 Å². The minimum absolute atomic E-state index is 0.0514. The van der Waals surface area contributed by atoms with E-state index in [4.69, 9.17) is 16.1 Å². The second-order valence-electron chi connectivity index (χ2n) is 4.57. The first-order valence-corrected chi connectivity index (χ1v) is 8.65. The average molecular weight is 340 g/mol. The summed E-state index contributed by atoms with van der Waals surface area (Å²) in [5.74, 6) is 2.93. The van der Waals surface area contributed by atoms with Gasteiger partial charge in [-0.25, -0.2) is 0 Å². The summed E-state index contributed by atoms with van der Waals surface area (Å²) in [4.78, 5) is 15.9. The van der Waals surface area contributed by atoms with Crippen LogP contribution < -0.4 is 5.32 Å². The zero-order chi connectivity index (χ0) is 15.8. The topological polar surface area (TPSA) is 68.0 Å². The summed E-state index contributed by atoms with van der Waals surface area (Å²) in [6.07, 6.45) is 1.05. The predicted octanol–water partition coefficient (Wildman–Crippen LogP) is 3.19. The van der Waals surface area contributed by atoms with Crippen LogP contribution in [0.4, 0.5) is 0 Å². The van der Waals surface area contributed by atoms with E-state index in [1.165, 1.54) is 0 Å². The Morgan fingerprint density at radius 1 is 1.45 bits per heavy atom. The van der Waals surface area contributed by atoms with Crippen molar-refractivity contribution in [3.8, 4) is 11.4 Å². The van der Waals surface area contributed by atoms with E-state index >= 15 is 0 Å². The molecule has 0 aliphatic rings. The molecule has 1 aromatic heterocycles. The Morgan fingerprint density at radius 2 is 2.32 bits per heavy atom. The Hall–Kier alpha value is -1.53. The van der Waals surface area contributed by atoms with E-state index in [0.29, 0.717) is 36.1 Å². The van der Waals surface area contributed by atoms with E-state index in [2.05, 4.69) is 22.4 Å². The van der Waals surface area contributed by atoms with Crippen molar-refractivity contribution in [3.05, 3.63) is 35.2 Å². The quantitative estimate of drug-likeness (QED) is 0.748. The molecule has 22 heavy (non-hydrogen) atoms. The van der Waals surface area contributed by atoms with Gasteiger partial charge in [0.05, 0.1) is 0 Å². The van der Waals surface area contributed by atoms with Crippen molar-refractivity contribution in [2.45, 2.75) is 19.8 Å². The third-order valence-corrected chi connectivity index (χ3v) is 4.03. The van der Waals surface area contributed by atoms with Crippen molar-refractivity contribution >= 4 is 29.3 Å². The standard InChI is InChI=1S/C15H18ClN3O2S/c1-2-22-9-7-13(20)17-8-6-14-18-15(19-21-14)11-4-3-5-12(16)10-11/h3-5,10H,2,6-9H2,1H3,(H,17,20). The maximum Gasteiger partial charge on any atom is 0.228 e. The lowest BCUT2D eigenvalue weighted by atomic mass is 10.2. The van der Waals surface area contributed by atoms with E-state index in [0.717, 1.165) is 17.1 Å². The monoisotopic (exact) mass is 339 g/mol. The number of nitrogens with zero attached hydrogens (tertiary/aromatic N) is 2. The molecule has 1 N–H and O–H groups in total. The van der Waals surface area contributed by atoms with E-state index in [-0.39, 0.29) is 5.91 Å². The fourth-order valence-electron chi connectivity index (χ4n) is 1.81. The number of hydrogen-bond donors (Lipinski definition) is 1. The maximum absolute atomic E-state index is 11.6. The first-order valence-electron chi connectivity index (χ1n) is 7.12. The van der Waals surface area contributed by atoms with Crippen molar-refractivity contribution in [1.29, 1.82) is 0 Å². The number of hydrogen-bond acceptors (Lipinski definition) is 5. The van der Waals surface area contributed by atoms with Crippen molar-refractivity contribution in [3.63, 3.8) is 0 Å². The van der Waals surface area contributed by atoms with Gasteiger partial charge in [0.25, 0.3) is 0 Å². The molecule has 0 radical (unpaired) electrons. The van der Waals surface area contributed by atoms with Gasteiger partial charge in [0.2, 0.25) is 17.6 Å². The highest BCUT2D eigenvalue weighted by atomic mass is 35.5. The molecule has 1 heterocycles. The second-order valence-corrected chi connectivity index (χ2v) is 6.40. The smallest absolute Gasteiger partial charge is 0.228 e. The molecule has 1 aromatic carbocycles. The molecular formula is C15H18ClN3O2S. The molecule has 0 aliphatic carbocycles. The van der Waals surface area contributed by atoms with Crippen LogP contribution in [-0.2, 0) is 11.2 Å². The van der Waals surface area contributed by atoms with Crippen LogP contribution in [0, 0.1) is 0 Å². The van der Waals surface area contributed by atoms with Crippen LogP contribution in [0.3, 0.4) is 0 Å². The third kappa shape index (κ3) is 5.35. The molecule has 1 amide bonds. The molecule has 0 atom stereocenters. The zero-order valence-electron chi connectivity index (χ0n) is 12.3. The van der Waals surface area contributed by atoms with Crippen LogP contribution in [0.2, 0.25) is 5.02 Å². The number of amides is 1. The Bertz CT molecular complexity index is 618. The molecule has 0 spiro atoms. The number of carbonyl (C=O) groups excluding carboxylic acids is 1. The number of rotatable bonds is 8. The van der Waals surface area contributed by atoms with E-state index in [1.54, 1.807) is 23.9 Å². The van der Waals surface area contributed by atoms with E-state index < -0.39 is 0 Å². The molecular weight excluding hydrogens is 322 g/mol. The highest BCUT2D eigenvalue weighted by molar-refractivity contribution is 7.99. The zero-order valence-corrected chi connectivity index (χ0v) is 13.9. The van der Waals surface area contributed by atoms with Crippen LogP contribution in [0.1, 0.15) is 19.2 Å². The Balaban J connectivity index is 1.79. The number of aromatic nitrogens is 2. The third-order valence-electron chi connectivity index (χ3n) is 2.89. The number of halogens is 1. The summed E-state index contributed by atoms with van der Waals surface area (Å²) in [5.41, 5.74) is 0.808. The lowest BCUT2D eigenvalue weighted by Crippen LogP contribution is -2.26. The summed E-state index contributed by atoms with van der Waals surface area (Å²) < 4.78 is 5.18. The largest absolute Gasteiger partial charge is 0.356 e. The molecule has 0 fully saturated rings. The molecule has 0 bridgehead atoms. The molecule has 0 saturated heterocycles. The highest BCUT2D eigenvalue weighted by Gasteiger charge is 2.09. The van der Waals surface area contributed by atoms with Crippen LogP contribution >= 0.6 is 23.4 Å². The average Bonchev–Trinajstić information content (AvgIpc) is 2.96. The summed E-state index contributed by atoms with van der Waals surface area (Å²) in [6, 6.07) is 7.28. The highest BCUT2D eigenvalue weighted by Crippen LogP contribution is 2.19. The summed E-state index contributed by atoms with van der Waals surface area (Å²) >= 11 is 7.69. The lowest BCUT2D eigenvalue weighted by Gasteiger charge is -2.02. The van der Waals surface area contributed by atoms with Gasteiger partial charge in [-0.15, -0.1) is 0 Å². The van der Waals surface area contributed by atoms with Crippen LogP contribution in [-0.4, -0.2) is 34.1 Å². The SMILES string of the molecule is CCSCCC(=O)NCCc1nc(-c2cccc(Cl)c2)no1. The minimum atomic E-state index is 0.0514. The molecule has 118 valence electrons. The number of thioether (sulfide) groups is 1. The Morgan fingerprint density at radius 3 is 3.09 bits per heavy atom. The van der Waals surface area contributed by atoms with E-state index in [9.17, 15) is 4.79 Å². The van der Waals surface area contributed by atoms with Crippen molar-refractivity contribution in [1.82, 2.24) is 15.5 Å². The lowest BCUT2D eigenvalue weighted by molar-refractivity contribution is -0.120. The summed E-state index contributed by atoms with van der Waals surface area (Å²) in [7, 11) is 0. The molecule has 2 rings (SSSR count). The Labute approximate surface area is 138 Å². The fraction of sp³-hybridized carbons (Fsp3) is 0.400. The van der Waals surface area contributed by atoms with Crippen LogP contribution in [0.5, 0.6) is 0 Å². The van der Waals surface area contributed by atoms with Gasteiger partial charge >= 0.3 is 0 Å². The number of benzene rings is 1. The van der Waals surface area contributed by atoms with Crippen molar-refractivity contribution < 1.29 is 9.32 Å². The number of nitrogens with one attached hydrogen (secondary N) is 1. The van der Waals surface area contributed by atoms with Crippen LogP contribution in [0.15, 0.2) is 28.8 Å². The van der Waals surface area contributed by atoms with Gasteiger partial charge in [-0.1, -0.05) is 35.8 Å². The maximum atomic E-state index is 11.6. The van der Waals surface area contributed by atoms with E-state index in [1.807, 2.05) is 12.1 Å². The van der Waals surface area contributed by atoms with Gasteiger partial charge < -0.3 is 9.84 Å². The molecule has 7 heteroatoms. The van der Waals surface area contributed by atoms with Gasteiger partial charge in [-0.3, -0.25) is 4.79 Å². The minimum Gasteiger partial charge on any atom is -0.356 e. The summed E-state index contributed by atoms with van der Waals surface area (Å²) in [5, 5.41) is 7.40. The molecule has 0 unspecified atom stereocenters. The molecule has 0 aliphatic heterocycles. The van der Waals surface area contributed by atoms with Crippen LogP contribution in [0.25, 0.3) is 11.4 Å². The summed E-state index contributed by atoms with van der Waals surface area (Å²) in [6.45, 7) is 2.57. The Kier molecular flexibility index (Phi) is 6.74. The number of carbonyl (C=O) groups is 1. The fourth-order valence-corrected chi connectivity index (χ4v) is 2.62. The van der Waals surface area contributed by atoms with Crippen molar-refractivity contribution in [2.75, 3.05) is 18.1 Å². The van der Waals surface area contributed by atoms with Gasteiger partial charge in [-0.2, -0.15) is 16.7 Å². The predicted molar refractivity (Wildman–Crippen MR) is 89.1 cm³/mol. The molecule has 0 saturated carbocycles. The van der Waals surface area contributed by atoms with Gasteiger partial charge in [0.1, 0.15) is 0 Å². The van der Waals surface area contributed by atoms with Gasteiger partial charge in [0.15, 0.2) is 0 Å². The van der Waals surface area contributed by atoms with Gasteiger partial charge in [-0.05, 0) is 17.9 Å². The normalized spacial score (nSPS) is 10.6. The molecule has 5 nitrogen and oxygen atoms in total. The first kappa shape index (κ1) is 16.8.